The minimum absolute atomic E-state index is 0.186. The first-order valence-corrected chi connectivity index (χ1v) is 10.4. The van der Waals surface area contributed by atoms with Crippen LogP contribution in [0.1, 0.15) is 22.3 Å². The summed E-state index contributed by atoms with van der Waals surface area (Å²) in [4.78, 5) is 34.3. The van der Waals surface area contributed by atoms with Crippen molar-refractivity contribution in [2.45, 2.75) is 25.2 Å². The van der Waals surface area contributed by atoms with Gasteiger partial charge in [-0.2, -0.15) is 0 Å². The zero-order valence-electron chi connectivity index (χ0n) is 18.0. The summed E-state index contributed by atoms with van der Waals surface area (Å²) in [6, 6.07) is 14.7. The zero-order valence-corrected chi connectivity index (χ0v) is 18.0. The van der Waals surface area contributed by atoms with Crippen LogP contribution in [-0.4, -0.2) is 61.5 Å². The van der Waals surface area contributed by atoms with Crippen LogP contribution in [0.2, 0.25) is 0 Å². The van der Waals surface area contributed by atoms with E-state index in [-0.39, 0.29) is 18.8 Å². The summed E-state index contributed by atoms with van der Waals surface area (Å²) in [6.45, 7) is 1.38. The number of esters is 1. The Labute approximate surface area is 185 Å². The lowest BCUT2D eigenvalue weighted by atomic mass is 10.0. The van der Waals surface area contributed by atoms with Crippen LogP contribution in [0.15, 0.2) is 48.5 Å². The highest BCUT2D eigenvalue weighted by atomic mass is 16.5. The number of amides is 1. The maximum atomic E-state index is 12.3. The molecule has 0 aliphatic carbocycles. The number of carbonyl (C=O) groups excluding carboxylic acids is 2. The van der Waals surface area contributed by atoms with Gasteiger partial charge in [0, 0.05) is 20.2 Å². The van der Waals surface area contributed by atoms with Crippen molar-refractivity contribution in [2.75, 3.05) is 32.2 Å². The first-order valence-electron chi connectivity index (χ1n) is 10.4. The van der Waals surface area contributed by atoms with Gasteiger partial charge in [0.1, 0.15) is 12.1 Å². The lowest BCUT2D eigenvalue weighted by Gasteiger charge is -2.37. The Morgan fingerprint density at radius 3 is 2.72 bits per heavy atom. The normalized spacial score (nSPS) is 18.4. The second-order valence-electron chi connectivity index (χ2n) is 7.58. The summed E-state index contributed by atoms with van der Waals surface area (Å²) in [6.07, 6.45) is -0.0676. The van der Waals surface area contributed by atoms with E-state index in [4.69, 9.17) is 14.2 Å². The van der Waals surface area contributed by atoms with Crippen LogP contribution in [0.5, 0.6) is 0 Å². The molecular weight excluding hydrogens is 412 g/mol. The molecular formula is C23H26N4O5. The second kappa shape index (κ2) is 9.69. The number of methoxy groups -OCH3 is 2. The molecule has 1 fully saturated rings. The predicted octanol–water partition coefficient (Wildman–Crippen LogP) is 2.87. The van der Waals surface area contributed by atoms with E-state index in [0.29, 0.717) is 36.5 Å². The van der Waals surface area contributed by atoms with Crippen LogP contribution < -0.4 is 10.2 Å². The fraction of sp³-hybridized carbons (Fsp3) is 0.348. The number of imidazole rings is 1. The summed E-state index contributed by atoms with van der Waals surface area (Å²) in [5.41, 5.74) is 2.65. The van der Waals surface area contributed by atoms with Crippen molar-refractivity contribution in [3.63, 3.8) is 0 Å². The Morgan fingerprint density at radius 1 is 1.16 bits per heavy atom. The first kappa shape index (κ1) is 21.6. The van der Waals surface area contributed by atoms with Crippen molar-refractivity contribution < 1.29 is 23.8 Å². The lowest BCUT2D eigenvalue weighted by Crippen LogP contribution is -2.55. The van der Waals surface area contributed by atoms with Gasteiger partial charge in [-0.3, -0.25) is 0 Å². The molecule has 9 heteroatoms. The number of hydrogen-bond acceptors (Lipinski definition) is 7. The van der Waals surface area contributed by atoms with Crippen molar-refractivity contribution in [3.05, 3.63) is 59.7 Å². The van der Waals surface area contributed by atoms with Crippen molar-refractivity contribution >= 4 is 29.0 Å². The molecule has 32 heavy (non-hydrogen) atoms. The maximum absolute atomic E-state index is 12.3. The molecule has 3 aromatic rings. The van der Waals surface area contributed by atoms with E-state index in [0.717, 1.165) is 11.1 Å². The number of ether oxygens (including phenoxy) is 3. The number of carbonyl (C=O) groups is 2. The highest BCUT2D eigenvalue weighted by molar-refractivity contribution is 6.02. The Bertz CT molecular complexity index is 1080. The Balaban J connectivity index is 1.40. The number of para-hydroxylation sites is 1. The summed E-state index contributed by atoms with van der Waals surface area (Å²) in [5, 5.41) is 2.92. The smallest absolute Gasteiger partial charge is 0.407 e. The number of fused-ring (bicyclic) bond motifs is 1. The zero-order chi connectivity index (χ0) is 22.5. The van der Waals surface area contributed by atoms with Crippen molar-refractivity contribution in [3.8, 4) is 0 Å². The average Bonchev–Trinajstić information content (AvgIpc) is 3.27. The van der Waals surface area contributed by atoms with E-state index in [1.54, 1.807) is 19.2 Å². The molecule has 0 saturated carbocycles. The Hall–Kier alpha value is -3.59. The number of anilines is 1. The molecule has 0 radical (unpaired) electrons. The maximum Gasteiger partial charge on any atom is 0.407 e. The van der Waals surface area contributed by atoms with Gasteiger partial charge in [0.25, 0.3) is 0 Å². The average molecular weight is 438 g/mol. The van der Waals surface area contributed by atoms with E-state index >= 15 is 0 Å². The molecule has 2 heterocycles. The van der Waals surface area contributed by atoms with E-state index in [1.807, 2.05) is 41.3 Å². The van der Waals surface area contributed by atoms with Gasteiger partial charge in [-0.1, -0.05) is 36.4 Å². The summed E-state index contributed by atoms with van der Waals surface area (Å²) in [7, 11) is 2.96. The van der Waals surface area contributed by atoms with Crippen molar-refractivity contribution in [2.24, 2.45) is 0 Å². The number of hydrogen-bond donors (Lipinski definition) is 2. The third-order valence-electron chi connectivity index (χ3n) is 5.58. The Morgan fingerprint density at radius 2 is 1.97 bits per heavy atom. The number of alkyl carbamates (subject to hydrolysis) is 1. The van der Waals surface area contributed by atoms with Gasteiger partial charge < -0.3 is 29.4 Å². The number of aromatic nitrogens is 2. The van der Waals surface area contributed by atoms with Gasteiger partial charge in [0.2, 0.25) is 5.95 Å². The van der Waals surface area contributed by atoms with Crippen LogP contribution in [0, 0.1) is 0 Å². The number of benzene rings is 2. The van der Waals surface area contributed by atoms with Crippen LogP contribution >= 0.6 is 0 Å². The third kappa shape index (κ3) is 4.67. The molecule has 2 N–H and O–H groups in total. The highest BCUT2D eigenvalue weighted by Crippen LogP contribution is 2.24. The first-order chi connectivity index (χ1) is 15.6. The van der Waals surface area contributed by atoms with E-state index < -0.39 is 12.1 Å². The molecule has 0 spiro atoms. The predicted molar refractivity (Wildman–Crippen MR) is 119 cm³/mol. The Kier molecular flexibility index (Phi) is 6.55. The summed E-state index contributed by atoms with van der Waals surface area (Å²) < 4.78 is 15.8. The molecule has 9 nitrogen and oxygen atoms in total. The van der Waals surface area contributed by atoms with Gasteiger partial charge in [-0.05, 0) is 24.1 Å². The quantitative estimate of drug-likeness (QED) is 0.570. The number of rotatable bonds is 6. The molecule has 1 aliphatic heterocycles. The van der Waals surface area contributed by atoms with Gasteiger partial charge >= 0.3 is 12.1 Å². The monoisotopic (exact) mass is 438 g/mol. The molecule has 168 valence electrons. The summed E-state index contributed by atoms with van der Waals surface area (Å²) in [5.74, 6) is 0.212. The standard InChI is InChI=1S/C23H26N4O5/c1-30-19-13-27(22-24-18-10-6-9-16(20(18)26-22)21(28)31-2)12-11-17(19)25-23(29)32-14-15-7-4-3-5-8-15/h3-10,17,19H,11-14H2,1-2H3,(H,24,26)(H,25,29). The third-order valence-corrected chi connectivity index (χ3v) is 5.58. The molecule has 0 bridgehead atoms. The van der Waals surface area contributed by atoms with Gasteiger partial charge in [0.15, 0.2) is 0 Å². The number of nitrogens with one attached hydrogen (secondary N) is 2. The van der Waals surface area contributed by atoms with E-state index in [1.165, 1.54) is 7.11 Å². The molecule has 1 aliphatic rings. The molecule has 2 unspecified atom stereocenters. The minimum Gasteiger partial charge on any atom is -0.465 e. The largest absolute Gasteiger partial charge is 0.465 e. The number of nitrogens with zero attached hydrogens (tertiary/aromatic N) is 2. The molecule has 1 amide bonds. The van der Waals surface area contributed by atoms with Gasteiger partial charge in [-0.15, -0.1) is 0 Å². The summed E-state index contributed by atoms with van der Waals surface area (Å²) >= 11 is 0. The number of aromatic amines is 1. The van der Waals surface area contributed by atoms with Gasteiger partial charge in [-0.25, -0.2) is 14.6 Å². The fourth-order valence-corrected chi connectivity index (χ4v) is 3.87. The van der Waals surface area contributed by atoms with Crippen molar-refractivity contribution in [1.82, 2.24) is 15.3 Å². The molecule has 2 atom stereocenters. The number of piperidine rings is 1. The van der Waals surface area contributed by atoms with Crippen LogP contribution in [-0.2, 0) is 20.8 Å². The van der Waals surface area contributed by atoms with Gasteiger partial charge in [0.05, 0.1) is 30.3 Å². The molecule has 1 saturated heterocycles. The van der Waals surface area contributed by atoms with Crippen LogP contribution in [0.25, 0.3) is 11.0 Å². The SMILES string of the molecule is COC(=O)c1cccc2[nH]c(N3CCC(NC(=O)OCc4ccccc4)C(OC)C3)nc12. The molecule has 1 aromatic heterocycles. The second-order valence-corrected chi connectivity index (χ2v) is 7.58. The number of H-pyrrole nitrogens is 1. The fourth-order valence-electron chi connectivity index (χ4n) is 3.87. The van der Waals surface area contributed by atoms with Crippen LogP contribution in [0.3, 0.4) is 0 Å². The highest BCUT2D eigenvalue weighted by Gasteiger charge is 2.32. The minimum atomic E-state index is -0.471. The van der Waals surface area contributed by atoms with Crippen molar-refractivity contribution in [1.29, 1.82) is 0 Å². The van der Waals surface area contributed by atoms with Crippen LogP contribution in [0.4, 0.5) is 10.7 Å². The lowest BCUT2D eigenvalue weighted by molar-refractivity contribution is 0.0543. The molecule has 2 aromatic carbocycles. The van der Waals surface area contributed by atoms with E-state index in [9.17, 15) is 9.59 Å². The van der Waals surface area contributed by atoms with E-state index in [2.05, 4.69) is 15.3 Å². The molecule has 4 rings (SSSR count). The topological polar surface area (TPSA) is 106 Å².